The number of nitrogens with zero attached hydrogens (tertiary/aromatic N) is 1. The molecule has 2 heterocycles. The van der Waals surface area contributed by atoms with Crippen LogP contribution in [0.25, 0.3) is 0 Å². The van der Waals surface area contributed by atoms with Crippen molar-refractivity contribution in [3.63, 3.8) is 0 Å². The number of imide groups is 1. The van der Waals surface area contributed by atoms with Gasteiger partial charge in [-0.2, -0.15) is 4.79 Å². The summed E-state index contributed by atoms with van der Waals surface area (Å²) in [6.45, 7) is 1.49. The standard InChI is InChI=1S/C13H15N3O3/c17-12-15-10-3-1-2-4-11(10)16(12,13(18)19)9-5-7-14-8-6-9/h1-4,9,14H,5-8H2,(H-,15,17,18,19)/p+1. The molecule has 1 aromatic carbocycles. The van der Waals surface area contributed by atoms with Crippen molar-refractivity contribution in [1.82, 2.24) is 9.80 Å². The third-order valence-electron chi connectivity index (χ3n) is 4.00. The minimum Gasteiger partial charge on any atom is -0.435 e. The lowest BCUT2D eigenvalue weighted by Crippen LogP contribution is -2.64. The second-order valence-corrected chi connectivity index (χ2v) is 4.93. The van der Waals surface area contributed by atoms with E-state index in [1.807, 2.05) is 0 Å². The maximum atomic E-state index is 12.4. The molecule has 1 fully saturated rings. The van der Waals surface area contributed by atoms with Gasteiger partial charge < -0.3 is 10.4 Å². The Morgan fingerprint density at radius 3 is 2.63 bits per heavy atom. The van der Waals surface area contributed by atoms with Crippen molar-refractivity contribution in [1.29, 1.82) is 0 Å². The van der Waals surface area contributed by atoms with Gasteiger partial charge in [-0.05, 0) is 6.07 Å². The third-order valence-corrected chi connectivity index (χ3v) is 4.00. The summed E-state index contributed by atoms with van der Waals surface area (Å²) in [5.74, 6) is 0. The van der Waals surface area contributed by atoms with Gasteiger partial charge in [-0.1, -0.05) is 12.1 Å². The SMILES string of the molecule is O=C(O)[N+]1(C2CCNCC2)C(=O)Nc2ccccc21. The zero-order valence-electron chi connectivity index (χ0n) is 10.4. The van der Waals surface area contributed by atoms with Crippen molar-refractivity contribution >= 4 is 23.5 Å². The molecule has 6 heteroatoms. The zero-order valence-corrected chi connectivity index (χ0v) is 10.4. The lowest BCUT2D eigenvalue weighted by molar-refractivity contribution is 0.132. The highest BCUT2D eigenvalue weighted by molar-refractivity contribution is 6.18. The number of rotatable bonds is 1. The number of carboxylic acid groups (broad SMARTS) is 1. The minimum absolute atomic E-state index is 0.220. The first kappa shape index (κ1) is 12.1. The maximum Gasteiger partial charge on any atom is 0.528 e. The van der Waals surface area contributed by atoms with E-state index in [0.717, 1.165) is 13.1 Å². The molecule has 100 valence electrons. The monoisotopic (exact) mass is 262 g/mol. The summed E-state index contributed by atoms with van der Waals surface area (Å²) >= 11 is 0. The predicted octanol–water partition coefficient (Wildman–Crippen LogP) is 1.97. The summed E-state index contributed by atoms with van der Waals surface area (Å²) in [5.41, 5.74) is 1.15. The van der Waals surface area contributed by atoms with Gasteiger partial charge in [0, 0.05) is 32.0 Å². The fourth-order valence-electron chi connectivity index (χ4n) is 3.10. The Morgan fingerprint density at radius 1 is 1.26 bits per heavy atom. The molecular formula is C13H16N3O3+. The number of carbonyl (C=O) groups is 2. The molecule has 6 nitrogen and oxygen atoms in total. The van der Waals surface area contributed by atoms with Crippen molar-refractivity contribution in [2.75, 3.05) is 18.4 Å². The Balaban J connectivity index is 2.15. The number of hydrogen-bond acceptors (Lipinski definition) is 3. The van der Waals surface area contributed by atoms with Crippen LogP contribution in [-0.4, -0.2) is 36.4 Å². The number of anilines is 1. The average molecular weight is 262 g/mol. The Kier molecular flexibility index (Phi) is 2.76. The van der Waals surface area contributed by atoms with Gasteiger partial charge in [0.15, 0.2) is 5.69 Å². The molecule has 2 aliphatic rings. The van der Waals surface area contributed by atoms with Crippen molar-refractivity contribution in [3.8, 4) is 0 Å². The number of piperidine rings is 1. The number of benzene rings is 1. The average Bonchev–Trinajstić information content (AvgIpc) is 2.72. The first-order valence-corrected chi connectivity index (χ1v) is 6.41. The Hall–Kier alpha value is -1.92. The highest BCUT2D eigenvalue weighted by Gasteiger charge is 2.59. The third kappa shape index (κ3) is 1.57. The van der Waals surface area contributed by atoms with Crippen molar-refractivity contribution in [2.45, 2.75) is 18.9 Å². The topological polar surface area (TPSA) is 78.4 Å². The Morgan fingerprint density at radius 2 is 1.95 bits per heavy atom. The number of nitrogens with one attached hydrogen (secondary N) is 2. The zero-order chi connectivity index (χ0) is 13.5. The van der Waals surface area contributed by atoms with Crippen LogP contribution in [0.15, 0.2) is 24.3 Å². The van der Waals surface area contributed by atoms with E-state index in [9.17, 15) is 14.7 Å². The van der Waals surface area contributed by atoms with Crippen LogP contribution in [-0.2, 0) is 0 Å². The van der Waals surface area contributed by atoms with Crippen LogP contribution in [0, 0.1) is 0 Å². The molecule has 0 aromatic heterocycles. The number of carbonyl (C=O) groups excluding carboxylic acids is 1. The molecule has 19 heavy (non-hydrogen) atoms. The lowest BCUT2D eigenvalue weighted by Gasteiger charge is -2.34. The van der Waals surface area contributed by atoms with Gasteiger partial charge in [-0.15, -0.1) is 4.48 Å². The molecule has 1 unspecified atom stereocenters. The molecule has 0 spiro atoms. The fraction of sp³-hybridized carbons (Fsp3) is 0.385. The van der Waals surface area contributed by atoms with Gasteiger partial charge in [-0.25, -0.2) is 4.79 Å². The number of hydrogen-bond donors (Lipinski definition) is 3. The van der Waals surface area contributed by atoms with Gasteiger partial charge in [-0.3, -0.25) is 5.32 Å². The highest BCUT2D eigenvalue weighted by Crippen LogP contribution is 2.42. The fourth-order valence-corrected chi connectivity index (χ4v) is 3.10. The summed E-state index contributed by atoms with van der Waals surface area (Å²) in [7, 11) is 0. The molecule has 0 radical (unpaired) electrons. The van der Waals surface area contributed by atoms with Crippen LogP contribution in [0.3, 0.4) is 0 Å². The predicted molar refractivity (Wildman–Crippen MR) is 71.2 cm³/mol. The molecule has 3 amide bonds. The van der Waals surface area contributed by atoms with E-state index >= 15 is 0 Å². The summed E-state index contributed by atoms with van der Waals surface area (Å²) in [6.07, 6.45) is 0.247. The van der Waals surface area contributed by atoms with Crippen LogP contribution in [0.2, 0.25) is 0 Å². The molecule has 1 saturated heterocycles. The van der Waals surface area contributed by atoms with Gasteiger partial charge in [0.1, 0.15) is 11.7 Å². The number of quaternary nitrogens is 1. The Bertz CT molecular complexity index is 540. The molecule has 3 rings (SSSR count). The van der Waals surface area contributed by atoms with E-state index in [2.05, 4.69) is 10.6 Å². The van der Waals surface area contributed by atoms with Gasteiger partial charge in [0.2, 0.25) is 0 Å². The molecule has 1 atom stereocenters. The summed E-state index contributed by atoms with van der Waals surface area (Å²) in [4.78, 5) is 24.2. The number of amides is 3. The van der Waals surface area contributed by atoms with E-state index in [0.29, 0.717) is 24.2 Å². The van der Waals surface area contributed by atoms with E-state index in [4.69, 9.17) is 0 Å². The molecule has 0 aliphatic carbocycles. The molecule has 0 saturated carbocycles. The molecule has 0 bridgehead atoms. The summed E-state index contributed by atoms with van der Waals surface area (Å²) in [6, 6.07) is 6.36. The smallest absolute Gasteiger partial charge is 0.435 e. The second-order valence-electron chi connectivity index (χ2n) is 4.93. The molecule has 1 aromatic rings. The van der Waals surface area contributed by atoms with Crippen LogP contribution in [0.5, 0.6) is 0 Å². The van der Waals surface area contributed by atoms with Gasteiger partial charge in [0.25, 0.3) is 0 Å². The minimum atomic E-state index is -1.10. The van der Waals surface area contributed by atoms with E-state index < -0.39 is 16.6 Å². The molecular weight excluding hydrogens is 246 g/mol. The van der Waals surface area contributed by atoms with Crippen LogP contribution >= 0.6 is 0 Å². The highest BCUT2D eigenvalue weighted by atomic mass is 16.4. The second kappa shape index (κ2) is 4.32. The maximum absolute atomic E-state index is 12.4. The normalized spacial score (nSPS) is 26.8. The first-order valence-electron chi connectivity index (χ1n) is 6.41. The van der Waals surface area contributed by atoms with Crippen LogP contribution < -0.4 is 15.1 Å². The number of urea groups is 1. The van der Waals surface area contributed by atoms with Gasteiger partial charge in [0.05, 0.1) is 0 Å². The van der Waals surface area contributed by atoms with Crippen molar-refractivity contribution in [3.05, 3.63) is 24.3 Å². The van der Waals surface area contributed by atoms with Crippen molar-refractivity contribution in [2.24, 2.45) is 0 Å². The number of para-hydroxylation sites is 2. The van der Waals surface area contributed by atoms with E-state index in [1.165, 1.54) is 0 Å². The van der Waals surface area contributed by atoms with Crippen LogP contribution in [0.4, 0.5) is 21.0 Å². The van der Waals surface area contributed by atoms with E-state index in [-0.39, 0.29) is 6.04 Å². The summed E-state index contributed by atoms with van der Waals surface area (Å²) in [5, 5.41) is 15.6. The lowest BCUT2D eigenvalue weighted by atomic mass is 10.0. The largest absolute Gasteiger partial charge is 0.528 e. The number of fused-ring (bicyclic) bond motifs is 1. The Labute approximate surface area is 110 Å². The van der Waals surface area contributed by atoms with Crippen molar-refractivity contribution < 1.29 is 14.7 Å². The molecule has 3 N–H and O–H groups in total. The molecule has 2 aliphatic heterocycles. The van der Waals surface area contributed by atoms with Crippen LogP contribution in [0.1, 0.15) is 12.8 Å². The summed E-state index contributed by atoms with van der Waals surface area (Å²) < 4.78 is -0.613. The first-order chi connectivity index (χ1) is 9.17. The van der Waals surface area contributed by atoms with Gasteiger partial charge >= 0.3 is 12.1 Å². The van der Waals surface area contributed by atoms with E-state index in [1.54, 1.807) is 24.3 Å². The quantitative estimate of drug-likeness (QED) is 0.676.